The van der Waals surface area contributed by atoms with Crippen molar-refractivity contribution in [1.29, 1.82) is 0 Å². The third-order valence-corrected chi connectivity index (χ3v) is 6.18. The molecule has 0 unspecified atom stereocenters. The second-order valence-corrected chi connectivity index (χ2v) is 8.19. The first-order chi connectivity index (χ1) is 13.6. The molecule has 0 spiro atoms. The highest BCUT2D eigenvalue weighted by Gasteiger charge is 2.07. The van der Waals surface area contributed by atoms with Gasteiger partial charge in [-0.15, -0.1) is 11.3 Å². The van der Waals surface area contributed by atoms with E-state index in [4.69, 9.17) is 4.98 Å². The number of non-ortho nitro benzene ring substituents is 1. The Kier molecular flexibility index (Phi) is 5.27. The molecule has 4 aromatic rings. The van der Waals surface area contributed by atoms with Gasteiger partial charge in [0.25, 0.3) is 5.69 Å². The van der Waals surface area contributed by atoms with Crippen molar-refractivity contribution in [1.82, 2.24) is 4.98 Å². The van der Waals surface area contributed by atoms with E-state index in [9.17, 15) is 10.1 Å². The Labute approximate surface area is 170 Å². The molecule has 0 amide bonds. The Morgan fingerprint density at radius 2 is 1.82 bits per heavy atom. The lowest BCUT2D eigenvalue weighted by Crippen LogP contribution is -1.91. The maximum Gasteiger partial charge on any atom is 0.269 e. The van der Waals surface area contributed by atoms with E-state index in [1.807, 2.05) is 12.1 Å². The molecule has 1 aromatic heterocycles. The van der Waals surface area contributed by atoms with E-state index in [-0.39, 0.29) is 10.6 Å². The van der Waals surface area contributed by atoms with Gasteiger partial charge in [-0.05, 0) is 66.4 Å². The second-order valence-electron chi connectivity index (χ2n) is 6.38. The zero-order chi connectivity index (χ0) is 19.5. The molecule has 0 aliphatic rings. The maximum atomic E-state index is 10.7. The van der Waals surface area contributed by atoms with Gasteiger partial charge in [0, 0.05) is 29.1 Å². The highest BCUT2D eigenvalue weighted by Crippen LogP contribution is 2.31. The Balaban J connectivity index is 1.38. The number of nitro benzene ring substituents is 1. The normalized spacial score (nSPS) is 10.9. The molecular formula is C21H17N3O2S2. The van der Waals surface area contributed by atoms with Gasteiger partial charge in [-0.2, -0.15) is 0 Å². The van der Waals surface area contributed by atoms with Crippen LogP contribution in [0.2, 0.25) is 0 Å². The van der Waals surface area contributed by atoms with Gasteiger partial charge in [-0.1, -0.05) is 18.2 Å². The highest BCUT2D eigenvalue weighted by molar-refractivity contribution is 7.99. The van der Waals surface area contributed by atoms with E-state index in [0.717, 1.165) is 33.1 Å². The summed E-state index contributed by atoms with van der Waals surface area (Å²) in [4.78, 5) is 15.0. The number of rotatable bonds is 6. The number of hydrogen-bond acceptors (Lipinski definition) is 6. The standard InChI is InChI=1S/C21H17N3O2S2/c1-14-2-11-19-20(12-14)28-21(22-19)16-5-7-17(8-6-16)23-27-13-15-3-9-18(10-4-15)24(25)26/h2-12,23H,13H2,1H3. The molecule has 0 aliphatic heterocycles. The van der Waals surface area contributed by atoms with Crippen LogP contribution in [-0.4, -0.2) is 9.91 Å². The first-order valence-corrected chi connectivity index (χ1v) is 10.5. The summed E-state index contributed by atoms with van der Waals surface area (Å²) < 4.78 is 4.51. The molecule has 1 N–H and O–H groups in total. The van der Waals surface area contributed by atoms with Crippen LogP contribution in [0.1, 0.15) is 11.1 Å². The number of hydrogen-bond donors (Lipinski definition) is 1. The number of nitrogens with zero attached hydrogens (tertiary/aromatic N) is 2. The number of aromatic nitrogens is 1. The molecule has 3 aromatic carbocycles. The fourth-order valence-corrected chi connectivity index (χ4v) is 4.56. The average molecular weight is 408 g/mol. The van der Waals surface area contributed by atoms with Crippen LogP contribution in [0.4, 0.5) is 11.4 Å². The van der Waals surface area contributed by atoms with Gasteiger partial charge in [0.15, 0.2) is 0 Å². The van der Waals surface area contributed by atoms with Crippen LogP contribution in [0.3, 0.4) is 0 Å². The molecule has 0 saturated heterocycles. The Morgan fingerprint density at radius 3 is 2.54 bits per heavy atom. The average Bonchev–Trinajstić information content (AvgIpc) is 3.12. The monoisotopic (exact) mass is 407 g/mol. The molecular weight excluding hydrogens is 390 g/mol. The summed E-state index contributed by atoms with van der Waals surface area (Å²) in [5.74, 6) is 0.719. The van der Waals surface area contributed by atoms with Crippen LogP contribution in [0, 0.1) is 17.0 Å². The summed E-state index contributed by atoms with van der Waals surface area (Å²) >= 11 is 3.25. The smallest absolute Gasteiger partial charge is 0.269 e. The van der Waals surface area contributed by atoms with Crippen molar-refractivity contribution >= 4 is 44.9 Å². The molecule has 7 heteroatoms. The zero-order valence-corrected chi connectivity index (χ0v) is 16.7. The van der Waals surface area contributed by atoms with Crippen molar-refractivity contribution in [2.24, 2.45) is 0 Å². The summed E-state index contributed by atoms with van der Waals surface area (Å²) in [6.07, 6.45) is 0. The lowest BCUT2D eigenvalue weighted by atomic mass is 10.2. The lowest BCUT2D eigenvalue weighted by Gasteiger charge is -2.06. The molecule has 0 radical (unpaired) electrons. The lowest BCUT2D eigenvalue weighted by molar-refractivity contribution is -0.384. The van der Waals surface area contributed by atoms with Crippen LogP contribution >= 0.6 is 23.3 Å². The van der Waals surface area contributed by atoms with Crippen LogP contribution in [0.15, 0.2) is 66.7 Å². The Morgan fingerprint density at radius 1 is 1.07 bits per heavy atom. The predicted octanol–water partition coefficient (Wildman–Crippen LogP) is 6.44. The summed E-state index contributed by atoms with van der Waals surface area (Å²) in [6.45, 7) is 2.09. The third-order valence-electron chi connectivity index (χ3n) is 4.25. The number of anilines is 1. The molecule has 5 nitrogen and oxygen atoms in total. The van der Waals surface area contributed by atoms with Crippen molar-refractivity contribution in [2.45, 2.75) is 12.7 Å². The van der Waals surface area contributed by atoms with E-state index in [1.54, 1.807) is 35.4 Å². The number of thiazole rings is 1. The maximum absolute atomic E-state index is 10.7. The highest BCUT2D eigenvalue weighted by atomic mass is 32.2. The van der Waals surface area contributed by atoms with Crippen molar-refractivity contribution in [2.75, 3.05) is 4.72 Å². The minimum Gasteiger partial charge on any atom is -0.329 e. The largest absolute Gasteiger partial charge is 0.329 e. The van der Waals surface area contributed by atoms with Crippen LogP contribution < -0.4 is 4.72 Å². The summed E-state index contributed by atoms with van der Waals surface area (Å²) in [7, 11) is 0. The minimum absolute atomic E-state index is 0.113. The molecule has 0 saturated carbocycles. The summed E-state index contributed by atoms with van der Waals surface area (Å²) in [5.41, 5.74) is 5.53. The van der Waals surface area contributed by atoms with Gasteiger partial charge in [0.2, 0.25) is 0 Å². The number of fused-ring (bicyclic) bond motifs is 1. The molecule has 0 bridgehead atoms. The van der Waals surface area contributed by atoms with Crippen molar-refractivity contribution in [3.05, 3.63) is 88.0 Å². The molecule has 0 fully saturated rings. The van der Waals surface area contributed by atoms with E-state index >= 15 is 0 Å². The van der Waals surface area contributed by atoms with Crippen molar-refractivity contribution in [3.8, 4) is 10.6 Å². The van der Waals surface area contributed by atoms with E-state index in [0.29, 0.717) is 0 Å². The minimum atomic E-state index is -0.386. The number of nitro groups is 1. The Hall–Kier alpha value is -2.90. The molecule has 140 valence electrons. The second kappa shape index (κ2) is 8.00. The third kappa shape index (κ3) is 4.16. The van der Waals surface area contributed by atoms with Gasteiger partial charge >= 0.3 is 0 Å². The summed E-state index contributed by atoms with van der Waals surface area (Å²) in [6, 6.07) is 21.2. The van der Waals surface area contributed by atoms with E-state index in [2.05, 4.69) is 42.0 Å². The van der Waals surface area contributed by atoms with Crippen molar-refractivity contribution in [3.63, 3.8) is 0 Å². The molecule has 4 rings (SSSR count). The topological polar surface area (TPSA) is 68.1 Å². The van der Waals surface area contributed by atoms with Gasteiger partial charge in [0.1, 0.15) is 5.01 Å². The van der Waals surface area contributed by atoms with Crippen LogP contribution in [0.5, 0.6) is 0 Å². The fraction of sp³-hybridized carbons (Fsp3) is 0.0952. The number of benzene rings is 3. The molecule has 0 atom stereocenters. The quantitative estimate of drug-likeness (QED) is 0.226. The van der Waals surface area contributed by atoms with Crippen LogP contribution in [0.25, 0.3) is 20.8 Å². The first-order valence-electron chi connectivity index (χ1n) is 8.67. The summed E-state index contributed by atoms with van der Waals surface area (Å²) in [5, 5.41) is 11.7. The molecule has 0 aliphatic carbocycles. The van der Waals surface area contributed by atoms with E-state index in [1.165, 1.54) is 22.4 Å². The molecule has 28 heavy (non-hydrogen) atoms. The zero-order valence-electron chi connectivity index (χ0n) is 15.1. The SMILES string of the molecule is Cc1ccc2nc(-c3ccc(NSCc4ccc([N+](=O)[O-])cc4)cc3)sc2c1. The van der Waals surface area contributed by atoms with Gasteiger partial charge in [-0.3, -0.25) is 10.1 Å². The van der Waals surface area contributed by atoms with Gasteiger partial charge in [-0.25, -0.2) is 4.98 Å². The van der Waals surface area contributed by atoms with Crippen molar-refractivity contribution < 1.29 is 4.92 Å². The number of nitrogens with one attached hydrogen (secondary N) is 1. The van der Waals surface area contributed by atoms with Gasteiger partial charge in [0.05, 0.1) is 15.1 Å². The fourth-order valence-electron chi connectivity index (χ4n) is 2.75. The first kappa shape index (κ1) is 18.5. The predicted molar refractivity (Wildman–Crippen MR) is 118 cm³/mol. The number of aryl methyl sites for hydroxylation is 1. The van der Waals surface area contributed by atoms with E-state index < -0.39 is 0 Å². The molecule has 1 heterocycles. The van der Waals surface area contributed by atoms with Gasteiger partial charge < -0.3 is 4.72 Å². The van der Waals surface area contributed by atoms with Crippen LogP contribution in [-0.2, 0) is 5.75 Å². The Bertz CT molecular complexity index is 1120.